The molecule has 3 nitrogen and oxygen atoms in total. The van der Waals surface area contributed by atoms with Crippen LogP contribution in [0.3, 0.4) is 0 Å². The average Bonchev–Trinajstić information content (AvgIpc) is 2.13. The van der Waals surface area contributed by atoms with Gasteiger partial charge in [0.25, 0.3) is 0 Å². The Morgan fingerprint density at radius 3 is 2.77 bits per heavy atom. The zero-order valence-electron chi connectivity index (χ0n) is 8.22. The zero-order chi connectivity index (χ0) is 9.94. The molecule has 0 heterocycles. The lowest BCUT2D eigenvalue weighted by Crippen LogP contribution is -2.23. The molecule has 0 saturated heterocycles. The van der Waals surface area contributed by atoms with Crippen molar-refractivity contribution in [3.05, 3.63) is 12.7 Å². The Morgan fingerprint density at radius 1 is 1.38 bits per heavy atom. The number of amides is 1. The highest BCUT2D eigenvalue weighted by Crippen LogP contribution is 1.97. The van der Waals surface area contributed by atoms with Gasteiger partial charge in [-0.2, -0.15) is 0 Å². The van der Waals surface area contributed by atoms with Crippen molar-refractivity contribution in [2.24, 2.45) is 5.73 Å². The summed E-state index contributed by atoms with van der Waals surface area (Å²) in [6.07, 6.45) is 6.27. The topological polar surface area (TPSA) is 55.1 Å². The van der Waals surface area contributed by atoms with E-state index in [4.69, 9.17) is 5.73 Å². The summed E-state index contributed by atoms with van der Waals surface area (Å²) >= 11 is 0. The molecule has 3 heteroatoms. The molecule has 0 aromatic rings. The van der Waals surface area contributed by atoms with Crippen LogP contribution < -0.4 is 11.1 Å². The molecule has 0 atom stereocenters. The maximum Gasteiger partial charge on any atom is 0.220 e. The van der Waals surface area contributed by atoms with Gasteiger partial charge >= 0.3 is 0 Å². The molecular formula is C10H20N2O. The van der Waals surface area contributed by atoms with Crippen LogP contribution in [0, 0.1) is 0 Å². The van der Waals surface area contributed by atoms with Crippen molar-refractivity contribution in [1.29, 1.82) is 0 Å². The SMILES string of the molecule is C=CCCNC(=O)CCCCCN. The monoisotopic (exact) mass is 184 g/mol. The lowest BCUT2D eigenvalue weighted by atomic mass is 10.2. The van der Waals surface area contributed by atoms with Crippen LogP contribution in [0.4, 0.5) is 0 Å². The number of rotatable bonds is 8. The fourth-order valence-corrected chi connectivity index (χ4v) is 1.01. The lowest BCUT2D eigenvalue weighted by molar-refractivity contribution is -0.121. The van der Waals surface area contributed by atoms with Gasteiger partial charge in [0.2, 0.25) is 5.91 Å². The van der Waals surface area contributed by atoms with Crippen LogP contribution in [0.2, 0.25) is 0 Å². The highest BCUT2D eigenvalue weighted by molar-refractivity contribution is 5.75. The lowest BCUT2D eigenvalue weighted by Gasteiger charge is -2.02. The first-order valence-corrected chi connectivity index (χ1v) is 4.89. The molecule has 0 aromatic carbocycles. The number of nitrogens with one attached hydrogen (secondary N) is 1. The van der Waals surface area contributed by atoms with E-state index >= 15 is 0 Å². The molecule has 3 N–H and O–H groups in total. The van der Waals surface area contributed by atoms with Crippen molar-refractivity contribution >= 4 is 5.91 Å². The molecule has 0 radical (unpaired) electrons. The number of nitrogens with two attached hydrogens (primary N) is 1. The number of unbranched alkanes of at least 4 members (excludes halogenated alkanes) is 2. The van der Waals surface area contributed by atoms with Gasteiger partial charge < -0.3 is 11.1 Å². The summed E-state index contributed by atoms with van der Waals surface area (Å²) in [5, 5.41) is 2.82. The summed E-state index contributed by atoms with van der Waals surface area (Å²) in [4.78, 5) is 11.1. The maximum absolute atomic E-state index is 11.1. The normalized spacial score (nSPS) is 9.62. The van der Waals surface area contributed by atoms with Crippen molar-refractivity contribution in [2.75, 3.05) is 13.1 Å². The Hall–Kier alpha value is -0.830. The van der Waals surface area contributed by atoms with Gasteiger partial charge in [0.1, 0.15) is 0 Å². The van der Waals surface area contributed by atoms with Crippen LogP contribution in [0.15, 0.2) is 12.7 Å². The molecule has 0 aromatic heterocycles. The Balaban J connectivity index is 3.15. The van der Waals surface area contributed by atoms with Crippen molar-refractivity contribution in [3.63, 3.8) is 0 Å². The van der Waals surface area contributed by atoms with E-state index in [0.717, 1.165) is 32.2 Å². The Morgan fingerprint density at radius 2 is 2.15 bits per heavy atom. The van der Waals surface area contributed by atoms with E-state index in [0.29, 0.717) is 13.0 Å². The van der Waals surface area contributed by atoms with Crippen LogP contribution in [0.5, 0.6) is 0 Å². The zero-order valence-corrected chi connectivity index (χ0v) is 8.22. The summed E-state index contributed by atoms with van der Waals surface area (Å²) in [5.41, 5.74) is 5.33. The van der Waals surface area contributed by atoms with E-state index in [1.807, 2.05) is 0 Å². The van der Waals surface area contributed by atoms with Gasteiger partial charge in [0.15, 0.2) is 0 Å². The van der Waals surface area contributed by atoms with Crippen LogP contribution in [-0.4, -0.2) is 19.0 Å². The minimum atomic E-state index is 0.138. The number of hydrogen-bond donors (Lipinski definition) is 2. The third-order valence-electron chi connectivity index (χ3n) is 1.78. The van der Waals surface area contributed by atoms with Crippen LogP contribution in [0.25, 0.3) is 0 Å². The van der Waals surface area contributed by atoms with Crippen LogP contribution >= 0.6 is 0 Å². The molecule has 76 valence electrons. The second-order valence-corrected chi connectivity index (χ2v) is 3.03. The summed E-state index contributed by atoms with van der Waals surface area (Å²) in [6, 6.07) is 0. The largest absolute Gasteiger partial charge is 0.356 e. The molecule has 0 rings (SSSR count). The summed E-state index contributed by atoms with van der Waals surface area (Å²) < 4.78 is 0. The Labute approximate surface area is 80.4 Å². The molecule has 0 aliphatic carbocycles. The first-order chi connectivity index (χ1) is 6.31. The molecule has 0 spiro atoms. The first kappa shape index (κ1) is 12.2. The molecule has 0 unspecified atom stereocenters. The van der Waals surface area contributed by atoms with Gasteiger partial charge in [-0.1, -0.05) is 12.5 Å². The second kappa shape index (κ2) is 9.26. The van der Waals surface area contributed by atoms with Gasteiger partial charge in [0, 0.05) is 13.0 Å². The average molecular weight is 184 g/mol. The quantitative estimate of drug-likeness (QED) is 0.440. The van der Waals surface area contributed by atoms with E-state index in [1.165, 1.54) is 0 Å². The van der Waals surface area contributed by atoms with E-state index in [-0.39, 0.29) is 5.91 Å². The summed E-state index contributed by atoms with van der Waals surface area (Å²) in [6.45, 7) is 5.01. The van der Waals surface area contributed by atoms with Crippen molar-refractivity contribution in [3.8, 4) is 0 Å². The smallest absolute Gasteiger partial charge is 0.220 e. The summed E-state index contributed by atoms with van der Waals surface area (Å²) in [7, 11) is 0. The number of hydrogen-bond acceptors (Lipinski definition) is 2. The van der Waals surface area contributed by atoms with Crippen molar-refractivity contribution in [1.82, 2.24) is 5.32 Å². The number of carbonyl (C=O) groups is 1. The van der Waals surface area contributed by atoms with Gasteiger partial charge in [-0.05, 0) is 25.8 Å². The molecule has 0 aliphatic heterocycles. The van der Waals surface area contributed by atoms with E-state index in [1.54, 1.807) is 6.08 Å². The Kier molecular flexibility index (Phi) is 8.67. The predicted molar refractivity (Wildman–Crippen MR) is 55.3 cm³/mol. The minimum Gasteiger partial charge on any atom is -0.356 e. The summed E-state index contributed by atoms with van der Waals surface area (Å²) in [5.74, 6) is 0.138. The van der Waals surface area contributed by atoms with Gasteiger partial charge in [-0.25, -0.2) is 0 Å². The fraction of sp³-hybridized carbons (Fsp3) is 0.700. The molecule has 0 aliphatic rings. The standard InChI is InChI=1S/C10H20N2O/c1-2-3-9-12-10(13)7-5-4-6-8-11/h2H,1,3-9,11H2,(H,12,13). The van der Waals surface area contributed by atoms with Gasteiger partial charge in [-0.3, -0.25) is 4.79 Å². The third kappa shape index (κ3) is 9.08. The van der Waals surface area contributed by atoms with Crippen LogP contribution in [0.1, 0.15) is 32.1 Å². The molecule has 0 bridgehead atoms. The van der Waals surface area contributed by atoms with E-state index in [9.17, 15) is 4.79 Å². The van der Waals surface area contributed by atoms with Crippen molar-refractivity contribution in [2.45, 2.75) is 32.1 Å². The van der Waals surface area contributed by atoms with E-state index in [2.05, 4.69) is 11.9 Å². The fourth-order valence-electron chi connectivity index (χ4n) is 1.01. The third-order valence-corrected chi connectivity index (χ3v) is 1.78. The maximum atomic E-state index is 11.1. The highest BCUT2D eigenvalue weighted by Gasteiger charge is 1.98. The van der Waals surface area contributed by atoms with E-state index < -0.39 is 0 Å². The van der Waals surface area contributed by atoms with Gasteiger partial charge in [-0.15, -0.1) is 6.58 Å². The molecule has 13 heavy (non-hydrogen) atoms. The molecular weight excluding hydrogens is 164 g/mol. The first-order valence-electron chi connectivity index (χ1n) is 4.89. The van der Waals surface area contributed by atoms with Crippen molar-refractivity contribution < 1.29 is 4.79 Å². The molecule has 0 saturated carbocycles. The number of carbonyl (C=O) groups excluding carboxylic acids is 1. The van der Waals surface area contributed by atoms with Crippen LogP contribution in [-0.2, 0) is 4.79 Å². The predicted octanol–water partition coefficient (Wildman–Crippen LogP) is 1.20. The molecule has 0 fully saturated rings. The second-order valence-electron chi connectivity index (χ2n) is 3.03. The Bertz CT molecular complexity index is 146. The minimum absolute atomic E-state index is 0.138. The highest BCUT2D eigenvalue weighted by atomic mass is 16.1. The van der Waals surface area contributed by atoms with Gasteiger partial charge in [0.05, 0.1) is 0 Å². The molecule has 1 amide bonds.